The highest BCUT2D eigenvalue weighted by Crippen LogP contribution is 2.40. The summed E-state index contributed by atoms with van der Waals surface area (Å²) in [6, 6.07) is 14.8. The Hall–Kier alpha value is -2.58. The molecule has 0 aliphatic carbocycles. The van der Waals surface area contributed by atoms with Crippen LogP contribution in [0.5, 0.6) is 5.75 Å². The van der Waals surface area contributed by atoms with Gasteiger partial charge in [0.15, 0.2) is 6.10 Å². The van der Waals surface area contributed by atoms with Gasteiger partial charge in [-0.1, -0.05) is 42.5 Å². The molecular formula is C21H23F3N2O3. The maximum absolute atomic E-state index is 12.9. The zero-order valence-electron chi connectivity index (χ0n) is 15.9. The SMILES string of the molecule is COc1cccc2c1[C@H](c1ccccc1)N(C(=O)CNCC(O)C(F)(F)F)CC2. The molecule has 0 aromatic heterocycles. The van der Waals surface area contributed by atoms with Crippen LogP contribution in [0.4, 0.5) is 13.2 Å². The lowest BCUT2D eigenvalue weighted by atomic mass is 9.87. The van der Waals surface area contributed by atoms with E-state index in [0.29, 0.717) is 18.7 Å². The van der Waals surface area contributed by atoms with Gasteiger partial charge in [0, 0.05) is 18.7 Å². The number of nitrogens with one attached hydrogen (secondary N) is 1. The first-order valence-electron chi connectivity index (χ1n) is 9.28. The molecule has 2 atom stereocenters. The molecule has 1 heterocycles. The highest BCUT2D eigenvalue weighted by Gasteiger charge is 2.38. The number of halogens is 3. The van der Waals surface area contributed by atoms with Crippen molar-refractivity contribution in [1.82, 2.24) is 10.2 Å². The van der Waals surface area contributed by atoms with Crippen LogP contribution in [0, 0.1) is 0 Å². The lowest BCUT2D eigenvalue weighted by Gasteiger charge is -2.38. The van der Waals surface area contributed by atoms with Gasteiger partial charge < -0.3 is 20.1 Å². The third-order valence-electron chi connectivity index (χ3n) is 5.01. The van der Waals surface area contributed by atoms with Crippen molar-refractivity contribution in [1.29, 1.82) is 0 Å². The molecule has 2 aromatic carbocycles. The first kappa shape index (κ1) is 21.1. The van der Waals surface area contributed by atoms with E-state index in [1.165, 1.54) is 0 Å². The van der Waals surface area contributed by atoms with Gasteiger partial charge in [0.05, 0.1) is 19.7 Å². The minimum absolute atomic E-state index is 0.305. The quantitative estimate of drug-likeness (QED) is 0.772. The Morgan fingerprint density at radius 3 is 2.62 bits per heavy atom. The molecule has 0 spiro atoms. The van der Waals surface area contributed by atoms with Crippen LogP contribution in [0.2, 0.25) is 0 Å². The fourth-order valence-corrected chi connectivity index (χ4v) is 3.61. The molecule has 5 nitrogen and oxygen atoms in total. The second-order valence-corrected chi connectivity index (χ2v) is 6.87. The van der Waals surface area contributed by atoms with E-state index < -0.39 is 24.9 Å². The largest absolute Gasteiger partial charge is 0.496 e. The van der Waals surface area contributed by atoms with Crippen molar-refractivity contribution < 1.29 is 27.8 Å². The summed E-state index contributed by atoms with van der Waals surface area (Å²) >= 11 is 0. The molecule has 29 heavy (non-hydrogen) atoms. The molecule has 1 aliphatic rings. The Labute approximate surface area is 167 Å². The lowest BCUT2D eigenvalue weighted by Crippen LogP contribution is -2.47. The van der Waals surface area contributed by atoms with Crippen LogP contribution < -0.4 is 10.1 Å². The van der Waals surface area contributed by atoms with Gasteiger partial charge in [-0.3, -0.25) is 4.79 Å². The summed E-state index contributed by atoms with van der Waals surface area (Å²) in [6.07, 6.45) is -6.62. The van der Waals surface area contributed by atoms with Gasteiger partial charge in [0.25, 0.3) is 0 Å². The number of ether oxygens (including phenoxy) is 1. The van der Waals surface area contributed by atoms with Crippen molar-refractivity contribution in [2.24, 2.45) is 0 Å². The van der Waals surface area contributed by atoms with Crippen molar-refractivity contribution in [3.05, 3.63) is 65.2 Å². The van der Waals surface area contributed by atoms with E-state index >= 15 is 0 Å². The van der Waals surface area contributed by atoms with Gasteiger partial charge in [-0.2, -0.15) is 13.2 Å². The average Bonchev–Trinajstić information content (AvgIpc) is 2.72. The first-order chi connectivity index (χ1) is 13.8. The van der Waals surface area contributed by atoms with E-state index in [-0.39, 0.29) is 12.5 Å². The summed E-state index contributed by atoms with van der Waals surface area (Å²) in [5.74, 6) is 0.319. The van der Waals surface area contributed by atoms with Crippen molar-refractivity contribution in [2.75, 3.05) is 26.7 Å². The highest BCUT2D eigenvalue weighted by atomic mass is 19.4. The number of carbonyl (C=O) groups is 1. The summed E-state index contributed by atoms with van der Waals surface area (Å²) in [6.45, 7) is -0.609. The van der Waals surface area contributed by atoms with E-state index in [1.54, 1.807) is 12.0 Å². The standard InChI is InChI=1S/C21H23F3N2O3/c1-29-16-9-5-8-14-10-11-26(18(28)13-25-12-17(27)21(22,23)24)20(19(14)16)15-6-3-2-4-7-15/h2-9,17,20,25,27H,10-13H2,1H3/t17?,20-/m0/s1. The summed E-state index contributed by atoms with van der Waals surface area (Å²) in [5, 5.41) is 11.5. The average molecular weight is 408 g/mol. The summed E-state index contributed by atoms with van der Waals surface area (Å²) in [5.41, 5.74) is 2.85. The summed E-state index contributed by atoms with van der Waals surface area (Å²) < 4.78 is 42.9. The maximum atomic E-state index is 12.9. The van der Waals surface area contributed by atoms with Crippen LogP contribution in [-0.4, -0.2) is 54.9 Å². The van der Waals surface area contributed by atoms with Gasteiger partial charge in [0.1, 0.15) is 5.75 Å². The topological polar surface area (TPSA) is 61.8 Å². The normalized spacial score (nSPS) is 17.6. The monoisotopic (exact) mass is 408 g/mol. The number of rotatable bonds is 6. The third-order valence-corrected chi connectivity index (χ3v) is 5.01. The highest BCUT2D eigenvalue weighted by molar-refractivity contribution is 5.80. The Kier molecular flexibility index (Phi) is 6.44. The van der Waals surface area contributed by atoms with Crippen molar-refractivity contribution in [3.8, 4) is 5.75 Å². The number of amides is 1. The van der Waals surface area contributed by atoms with Gasteiger partial charge in [-0.15, -0.1) is 0 Å². The minimum Gasteiger partial charge on any atom is -0.496 e. The Balaban J connectivity index is 1.85. The van der Waals surface area contributed by atoms with Crippen LogP contribution in [0.25, 0.3) is 0 Å². The molecule has 0 saturated heterocycles. The molecule has 1 unspecified atom stereocenters. The fourth-order valence-electron chi connectivity index (χ4n) is 3.61. The second kappa shape index (κ2) is 8.84. The van der Waals surface area contributed by atoms with Crippen molar-refractivity contribution in [3.63, 3.8) is 0 Å². The molecule has 8 heteroatoms. The summed E-state index contributed by atoms with van der Waals surface area (Å²) in [7, 11) is 1.57. The molecule has 2 N–H and O–H groups in total. The molecule has 3 rings (SSSR count). The van der Waals surface area contributed by atoms with Gasteiger partial charge >= 0.3 is 6.18 Å². The van der Waals surface area contributed by atoms with Crippen LogP contribution in [0.15, 0.2) is 48.5 Å². The molecule has 0 bridgehead atoms. The van der Waals surface area contributed by atoms with Crippen molar-refractivity contribution >= 4 is 5.91 Å². The molecule has 156 valence electrons. The number of aliphatic hydroxyl groups is 1. The molecule has 1 amide bonds. The number of hydrogen-bond donors (Lipinski definition) is 2. The zero-order chi connectivity index (χ0) is 21.0. The van der Waals surface area contributed by atoms with E-state index in [1.807, 2.05) is 48.5 Å². The lowest BCUT2D eigenvalue weighted by molar-refractivity contribution is -0.201. The number of methoxy groups -OCH3 is 1. The zero-order valence-corrected chi connectivity index (χ0v) is 15.9. The second-order valence-electron chi connectivity index (χ2n) is 6.87. The number of fused-ring (bicyclic) bond motifs is 1. The Morgan fingerprint density at radius 2 is 1.97 bits per heavy atom. The number of hydrogen-bond acceptors (Lipinski definition) is 4. The Morgan fingerprint density at radius 1 is 1.24 bits per heavy atom. The number of benzene rings is 2. The van der Waals surface area contributed by atoms with E-state index in [4.69, 9.17) is 9.84 Å². The molecular weight excluding hydrogens is 385 g/mol. The maximum Gasteiger partial charge on any atom is 0.415 e. The van der Waals surface area contributed by atoms with E-state index in [9.17, 15) is 18.0 Å². The predicted molar refractivity (Wildman–Crippen MR) is 102 cm³/mol. The number of carbonyl (C=O) groups excluding carboxylic acids is 1. The number of aliphatic hydroxyl groups excluding tert-OH is 1. The van der Waals surface area contributed by atoms with Crippen molar-refractivity contribution in [2.45, 2.75) is 24.7 Å². The smallest absolute Gasteiger partial charge is 0.415 e. The number of alkyl halides is 3. The summed E-state index contributed by atoms with van der Waals surface area (Å²) in [4.78, 5) is 14.5. The van der Waals surface area contributed by atoms with Crippen LogP contribution in [-0.2, 0) is 11.2 Å². The van der Waals surface area contributed by atoms with Gasteiger partial charge in [-0.25, -0.2) is 0 Å². The van der Waals surface area contributed by atoms with Crippen LogP contribution in [0.1, 0.15) is 22.7 Å². The third kappa shape index (κ3) is 4.71. The Bertz CT molecular complexity index is 829. The fraction of sp³-hybridized carbons (Fsp3) is 0.381. The predicted octanol–water partition coefficient (Wildman–Crippen LogP) is 2.68. The molecule has 0 radical (unpaired) electrons. The molecule has 0 saturated carbocycles. The van der Waals surface area contributed by atoms with Gasteiger partial charge in [-0.05, 0) is 23.6 Å². The molecule has 2 aromatic rings. The van der Waals surface area contributed by atoms with Crippen LogP contribution in [0.3, 0.4) is 0 Å². The first-order valence-corrected chi connectivity index (χ1v) is 9.28. The van der Waals surface area contributed by atoms with E-state index in [0.717, 1.165) is 16.7 Å². The van der Waals surface area contributed by atoms with Crippen LogP contribution >= 0.6 is 0 Å². The number of nitrogens with zero attached hydrogens (tertiary/aromatic N) is 1. The molecule has 0 fully saturated rings. The molecule has 1 aliphatic heterocycles. The minimum atomic E-state index is -4.72. The van der Waals surface area contributed by atoms with Gasteiger partial charge in [0.2, 0.25) is 5.91 Å². The van der Waals surface area contributed by atoms with E-state index in [2.05, 4.69) is 5.32 Å².